The number of rotatable bonds is 5. The third-order valence-corrected chi connectivity index (χ3v) is 5.14. The number of halogens is 1. The number of thioether (sulfide) groups is 1. The van der Waals surface area contributed by atoms with Crippen LogP contribution in [-0.4, -0.2) is 28.8 Å². The molecular formula is C17H27BBrNS. The van der Waals surface area contributed by atoms with Crippen LogP contribution in [0.1, 0.15) is 39.5 Å². The molecule has 0 radical (unpaired) electrons. The van der Waals surface area contributed by atoms with Crippen LogP contribution in [0.15, 0.2) is 35.5 Å². The van der Waals surface area contributed by atoms with Crippen LogP contribution in [-0.2, 0) is 0 Å². The molecule has 0 heterocycles. The van der Waals surface area contributed by atoms with E-state index in [-0.39, 0.29) is 0 Å². The zero-order valence-electron chi connectivity index (χ0n) is 13.3. The van der Waals surface area contributed by atoms with Crippen molar-refractivity contribution in [3.05, 3.63) is 35.5 Å². The molecule has 2 rings (SSSR count). The quantitative estimate of drug-likeness (QED) is 0.562. The average Bonchev–Trinajstić information content (AvgIpc) is 2.99. The molecule has 0 aromatic heterocycles. The fourth-order valence-corrected chi connectivity index (χ4v) is 3.87. The Kier molecular flexibility index (Phi) is 10.4. The van der Waals surface area contributed by atoms with Gasteiger partial charge in [-0.1, -0.05) is 40.2 Å². The third-order valence-electron chi connectivity index (χ3n) is 3.52. The number of hydrogen-bond donors (Lipinski definition) is 1. The van der Waals surface area contributed by atoms with Gasteiger partial charge in [-0.25, -0.2) is 0 Å². The Balaban J connectivity index is 0.000000304. The van der Waals surface area contributed by atoms with Crippen LogP contribution in [0.25, 0.3) is 0 Å². The monoisotopic (exact) mass is 367 g/mol. The van der Waals surface area contributed by atoms with E-state index in [2.05, 4.69) is 48.9 Å². The molecule has 0 saturated heterocycles. The van der Waals surface area contributed by atoms with Gasteiger partial charge in [-0.2, -0.15) is 0 Å². The summed E-state index contributed by atoms with van der Waals surface area (Å²) in [5.74, 6) is 1.16. The topological polar surface area (TPSA) is 26.0 Å². The summed E-state index contributed by atoms with van der Waals surface area (Å²) in [5, 5.41) is 0. The molecule has 0 spiro atoms. The van der Waals surface area contributed by atoms with Gasteiger partial charge in [0.15, 0.2) is 0 Å². The summed E-state index contributed by atoms with van der Waals surface area (Å²) >= 11 is 5.34. The van der Waals surface area contributed by atoms with Crippen molar-refractivity contribution >= 4 is 39.4 Å². The van der Waals surface area contributed by atoms with Crippen LogP contribution in [0.2, 0.25) is 6.32 Å². The summed E-state index contributed by atoms with van der Waals surface area (Å²) in [6.07, 6.45) is 14.5. The summed E-state index contributed by atoms with van der Waals surface area (Å²) in [5.41, 5.74) is 8.90. The first kappa shape index (κ1) is 19.0. The van der Waals surface area contributed by atoms with E-state index in [0.29, 0.717) is 4.83 Å². The first-order chi connectivity index (χ1) is 10.2. The van der Waals surface area contributed by atoms with Crippen molar-refractivity contribution in [2.24, 2.45) is 5.73 Å². The molecule has 0 aliphatic heterocycles. The molecule has 2 N–H and O–H groups in total. The average molecular weight is 368 g/mol. The van der Waals surface area contributed by atoms with E-state index in [1.54, 1.807) is 5.57 Å². The van der Waals surface area contributed by atoms with Crippen LogP contribution in [0.4, 0.5) is 0 Å². The van der Waals surface area contributed by atoms with Crippen molar-refractivity contribution in [1.29, 1.82) is 0 Å². The van der Waals surface area contributed by atoms with Gasteiger partial charge in [0.25, 0.3) is 0 Å². The molecule has 116 valence electrons. The molecule has 1 nitrogen and oxygen atoms in total. The Hall–Kier alpha value is -0.0551. The van der Waals surface area contributed by atoms with Crippen LogP contribution in [0.5, 0.6) is 0 Å². The Labute approximate surface area is 143 Å². The second-order valence-electron chi connectivity index (χ2n) is 5.12. The van der Waals surface area contributed by atoms with Crippen molar-refractivity contribution in [1.82, 2.24) is 0 Å². The van der Waals surface area contributed by atoms with Crippen molar-refractivity contribution in [3.8, 4) is 0 Å². The van der Waals surface area contributed by atoms with E-state index in [4.69, 9.17) is 5.73 Å². The zero-order valence-corrected chi connectivity index (χ0v) is 15.7. The predicted molar refractivity (Wildman–Crippen MR) is 105 cm³/mol. The summed E-state index contributed by atoms with van der Waals surface area (Å²) in [7, 11) is 0. The van der Waals surface area contributed by atoms with E-state index in [1.165, 1.54) is 36.1 Å². The van der Waals surface area contributed by atoms with Crippen LogP contribution in [0, 0.1) is 0 Å². The normalized spacial score (nSPS) is 18.6. The van der Waals surface area contributed by atoms with E-state index < -0.39 is 0 Å². The second kappa shape index (κ2) is 11.5. The summed E-state index contributed by atoms with van der Waals surface area (Å²) in [6.45, 7) is 7.55. The molecule has 21 heavy (non-hydrogen) atoms. The molecular weight excluding hydrogens is 341 g/mol. The Morgan fingerprint density at radius 1 is 1.29 bits per heavy atom. The van der Waals surface area contributed by atoms with Gasteiger partial charge >= 0.3 is 98.5 Å². The third kappa shape index (κ3) is 7.16. The Morgan fingerprint density at radius 2 is 1.95 bits per heavy atom. The molecule has 0 aromatic carbocycles. The van der Waals surface area contributed by atoms with Crippen molar-refractivity contribution in [2.75, 3.05) is 12.3 Å². The summed E-state index contributed by atoms with van der Waals surface area (Å²) < 4.78 is 0. The van der Waals surface area contributed by atoms with Crippen molar-refractivity contribution in [3.63, 3.8) is 0 Å². The number of allylic oxidation sites excluding steroid dienone is 4. The second-order valence-corrected chi connectivity index (χ2v) is 7.48. The molecule has 0 fully saturated rings. The van der Waals surface area contributed by atoms with Gasteiger partial charge in [0.2, 0.25) is 0 Å². The summed E-state index contributed by atoms with van der Waals surface area (Å²) in [6, 6.07) is 0. The SMILES string of the molecule is BrC1C=CC=C1.CCB=C(SCC)C1=C(CN)CCCC1. The maximum absolute atomic E-state index is 5.83. The van der Waals surface area contributed by atoms with Crippen molar-refractivity contribution in [2.45, 2.75) is 50.7 Å². The van der Waals surface area contributed by atoms with E-state index >= 15 is 0 Å². The molecule has 0 bridgehead atoms. The minimum absolute atomic E-state index is 0.498. The number of alkyl halides is 1. The molecule has 0 atom stereocenters. The molecule has 0 saturated carbocycles. The fourth-order valence-electron chi connectivity index (χ4n) is 2.51. The molecule has 0 aromatic rings. The first-order valence-corrected chi connectivity index (χ1v) is 9.86. The van der Waals surface area contributed by atoms with Gasteiger partial charge < -0.3 is 0 Å². The van der Waals surface area contributed by atoms with Gasteiger partial charge in [-0.15, -0.1) is 0 Å². The fraction of sp³-hybridized carbons (Fsp3) is 0.588. The van der Waals surface area contributed by atoms with Gasteiger partial charge in [-0.05, 0) is 0 Å². The summed E-state index contributed by atoms with van der Waals surface area (Å²) in [4.78, 5) is 2.00. The van der Waals surface area contributed by atoms with E-state index in [1.807, 2.05) is 23.9 Å². The van der Waals surface area contributed by atoms with Crippen LogP contribution >= 0.6 is 27.7 Å². The van der Waals surface area contributed by atoms with Gasteiger partial charge in [0, 0.05) is 0 Å². The van der Waals surface area contributed by atoms with Crippen LogP contribution < -0.4 is 5.73 Å². The van der Waals surface area contributed by atoms with E-state index in [0.717, 1.165) is 18.6 Å². The Morgan fingerprint density at radius 3 is 2.43 bits per heavy atom. The molecule has 0 unspecified atom stereocenters. The number of hydrogen-bond acceptors (Lipinski definition) is 2. The Bertz CT molecular complexity index is 415. The predicted octanol–water partition coefficient (Wildman–Crippen LogP) is 4.72. The molecule has 2 aliphatic carbocycles. The van der Waals surface area contributed by atoms with E-state index in [9.17, 15) is 0 Å². The van der Waals surface area contributed by atoms with Crippen LogP contribution in [0.3, 0.4) is 0 Å². The zero-order chi connectivity index (χ0) is 15.5. The van der Waals surface area contributed by atoms with Gasteiger partial charge in [0.1, 0.15) is 0 Å². The molecule has 2 aliphatic rings. The molecule has 0 amide bonds. The minimum atomic E-state index is 0.498. The van der Waals surface area contributed by atoms with Crippen molar-refractivity contribution < 1.29 is 0 Å². The number of nitrogens with two attached hydrogens (primary N) is 1. The maximum atomic E-state index is 5.83. The molecule has 4 heteroatoms. The van der Waals surface area contributed by atoms with Gasteiger partial charge in [0.05, 0.1) is 4.83 Å². The standard InChI is InChI=1S/C12H22BNS.C5H5Br/c1-3-13-12(15-4-2)11-8-6-5-7-10(11)9-14;6-5-3-1-2-4-5/h3-9,14H2,1-2H3;1-5H. The first-order valence-electron chi connectivity index (χ1n) is 7.96. The van der Waals surface area contributed by atoms with Gasteiger partial charge in [-0.3, -0.25) is 0 Å².